The van der Waals surface area contributed by atoms with Gasteiger partial charge in [0.15, 0.2) is 0 Å². The highest BCUT2D eigenvalue weighted by Crippen LogP contribution is 2.14. The maximum atomic E-state index is 8.59. The van der Waals surface area contributed by atoms with Gasteiger partial charge in [-0.05, 0) is 6.42 Å². The van der Waals surface area contributed by atoms with Gasteiger partial charge in [0.05, 0.1) is 26.4 Å². The number of ether oxygens (including phenoxy) is 2. The number of hydrogen-bond donors (Lipinski definition) is 3. The number of nitrogens with two attached hydrogens (primary N) is 1. The number of aliphatic hydroxyl groups is 2. The lowest BCUT2D eigenvalue weighted by molar-refractivity contribution is -0.244. The predicted molar refractivity (Wildman–Crippen MR) is 52.5 cm³/mol. The molecular weight excluding hydrogens is 186 g/mol. The van der Waals surface area contributed by atoms with Crippen molar-refractivity contribution in [3.8, 4) is 0 Å². The molecule has 0 fully saturated rings. The molecule has 5 nitrogen and oxygen atoms in total. The number of rotatable bonds is 9. The zero-order valence-corrected chi connectivity index (χ0v) is 8.74. The summed E-state index contributed by atoms with van der Waals surface area (Å²) in [7, 11) is 0. The molecular formula is C9H21NO4. The third-order valence-corrected chi connectivity index (χ3v) is 1.75. The van der Waals surface area contributed by atoms with E-state index >= 15 is 0 Å². The molecule has 0 saturated heterocycles. The lowest BCUT2D eigenvalue weighted by Crippen LogP contribution is -2.46. The summed E-state index contributed by atoms with van der Waals surface area (Å²) < 4.78 is 10.4. The van der Waals surface area contributed by atoms with Crippen LogP contribution in [0.1, 0.15) is 26.2 Å². The first-order chi connectivity index (χ1) is 6.68. The van der Waals surface area contributed by atoms with Crippen molar-refractivity contribution in [1.82, 2.24) is 0 Å². The van der Waals surface area contributed by atoms with Gasteiger partial charge in [-0.25, -0.2) is 0 Å². The minimum Gasteiger partial charge on any atom is -0.394 e. The van der Waals surface area contributed by atoms with Gasteiger partial charge < -0.3 is 19.7 Å². The summed E-state index contributed by atoms with van der Waals surface area (Å²) in [4.78, 5) is 0. The maximum absolute atomic E-state index is 8.59. The maximum Gasteiger partial charge on any atom is 0.224 e. The van der Waals surface area contributed by atoms with Crippen LogP contribution in [0.25, 0.3) is 0 Å². The van der Waals surface area contributed by atoms with E-state index in [4.69, 9.17) is 25.4 Å². The molecule has 0 aromatic carbocycles. The van der Waals surface area contributed by atoms with Crippen LogP contribution < -0.4 is 5.73 Å². The Bertz CT molecular complexity index is 110. The first kappa shape index (κ1) is 13.8. The van der Waals surface area contributed by atoms with E-state index in [1.807, 2.05) is 6.92 Å². The summed E-state index contributed by atoms with van der Waals surface area (Å²) in [6.45, 7) is 2.15. The zero-order chi connectivity index (χ0) is 10.9. The summed E-state index contributed by atoms with van der Waals surface area (Å²) in [6.07, 6.45) is 2.43. The summed E-state index contributed by atoms with van der Waals surface area (Å²) >= 11 is 0. The monoisotopic (exact) mass is 207 g/mol. The molecule has 0 saturated carbocycles. The van der Waals surface area contributed by atoms with Crippen LogP contribution in [0.3, 0.4) is 0 Å². The number of unbranched alkanes of at least 4 members (excludes halogenated alkanes) is 1. The Morgan fingerprint density at radius 1 is 1.14 bits per heavy atom. The van der Waals surface area contributed by atoms with Gasteiger partial charge in [-0.15, -0.1) is 0 Å². The molecule has 14 heavy (non-hydrogen) atoms. The van der Waals surface area contributed by atoms with Crippen LogP contribution in [0.15, 0.2) is 0 Å². The normalized spacial score (nSPS) is 12.0. The van der Waals surface area contributed by atoms with Crippen molar-refractivity contribution >= 4 is 0 Å². The van der Waals surface area contributed by atoms with Crippen LogP contribution >= 0.6 is 0 Å². The second-order valence-corrected chi connectivity index (χ2v) is 3.06. The van der Waals surface area contributed by atoms with E-state index in [0.29, 0.717) is 6.42 Å². The van der Waals surface area contributed by atoms with Crippen molar-refractivity contribution in [3.63, 3.8) is 0 Å². The Balaban J connectivity index is 3.89. The molecule has 0 unspecified atom stereocenters. The van der Waals surface area contributed by atoms with E-state index < -0.39 is 5.91 Å². The van der Waals surface area contributed by atoms with Gasteiger partial charge in [0.25, 0.3) is 0 Å². The Hall–Kier alpha value is -0.200. The van der Waals surface area contributed by atoms with Gasteiger partial charge in [-0.2, -0.15) is 0 Å². The predicted octanol–water partition coefficient (Wildman–Crippen LogP) is -0.193. The van der Waals surface area contributed by atoms with Crippen LogP contribution in [0.4, 0.5) is 0 Å². The first-order valence-electron chi connectivity index (χ1n) is 4.97. The second kappa shape index (κ2) is 8.14. The Morgan fingerprint density at radius 3 is 2.00 bits per heavy atom. The molecule has 0 aliphatic heterocycles. The van der Waals surface area contributed by atoms with Crippen LogP contribution in [0, 0.1) is 0 Å². The molecule has 0 aliphatic rings. The van der Waals surface area contributed by atoms with Crippen LogP contribution in [-0.4, -0.2) is 42.6 Å². The highest BCUT2D eigenvalue weighted by molar-refractivity contribution is 4.61. The minimum atomic E-state index is -1.17. The van der Waals surface area contributed by atoms with Crippen LogP contribution in [-0.2, 0) is 9.47 Å². The van der Waals surface area contributed by atoms with Crippen molar-refractivity contribution in [2.45, 2.75) is 32.1 Å². The average Bonchev–Trinajstić information content (AvgIpc) is 2.21. The van der Waals surface area contributed by atoms with E-state index in [0.717, 1.165) is 12.8 Å². The smallest absolute Gasteiger partial charge is 0.224 e. The van der Waals surface area contributed by atoms with Crippen molar-refractivity contribution in [1.29, 1.82) is 0 Å². The summed E-state index contributed by atoms with van der Waals surface area (Å²) in [5.74, 6) is -1.17. The van der Waals surface area contributed by atoms with E-state index in [2.05, 4.69) is 0 Å². The third-order valence-electron chi connectivity index (χ3n) is 1.75. The van der Waals surface area contributed by atoms with Gasteiger partial charge >= 0.3 is 0 Å². The molecule has 0 amide bonds. The quantitative estimate of drug-likeness (QED) is 0.456. The summed E-state index contributed by atoms with van der Waals surface area (Å²) in [6, 6.07) is 0. The van der Waals surface area contributed by atoms with Crippen molar-refractivity contribution < 1.29 is 19.7 Å². The van der Waals surface area contributed by atoms with Gasteiger partial charge in [0.2, 0.25) is 5.91 Å². The van der Waals surface area contributed by atoms with Gasteiger partial charge in [0.1, 0.15) is 0 Å². The van der Waals surface area contributed by atoms with Gasteiger partial charge in [0, 0.05) is 6.42 Å². The van der Waals surface area contributed by atoms with E-state index in [-0.39, 0.29) is 26.4 Å². The van der Waals surface area contributed by atoms with Crippen molar-refractivity contribution in [2.75, 3.05) is 26.4 Å². The fourth-order valence-corrected chi connectivity index (χ4v) is 1.05. The lowest BCUT2D eigenvalue weighted by atomic mass is 10.2. The number of aliphatic hydroxyl groups excluding tert-OH is 2. The molecule has 0 heterocycles. The summed E-state index contributed by atoms with van der Waals surface area (Å²) in [5.41, 5.74) is 5.79. The SMILES string of the molecule is CCCCC(N)(OCCO)OCCO. The largest absolute Gasteiger partial charge is 0.394 e. The number of hydrogen-bond acceptors (Lipinski definition) is 5. The van der Waals surface area contributed by atoms with Crippen LogP contribution in [0.2, 0.25) is 0 Å². The molecule has 0 aromatic heterocycles. The van der Waals surface area contributed by atoms with Gasteiger partial charge in [-0.1, -0.05) is 13.3 Å². The minimum absolute atomic E-state index is 0.0897. The molecule has 0 bridgehead atoms. The van der Waals surface area contributed by atoms with Crippen molar-refractivity contribution in [2.24, 2.45) is 5.73 Å². The summed E-state index contributed by atoms with van der Waals surface area (Å²) in [5, 5.41) is 17.2. The van der Waals surface area contributed by atoms with Crippen molar-refractivity contribution in [3.05, 3.63) is 0 Å². The van der Waals surface area contributed by atoms with E-state index in [9.17, 15) is 0 Å². The molecule has 5 heteroatoms. The average molecular weight is 207 g/mol. The molecule has 0 spiro atoms. The zero-order valence-electron chi connectivity index (χ0n) is 8.74. The Kier molecular flexibility index (Phi) is 8.02. The molecule has 0 atom stereocenters. The molecule has 86 valence electrons. The molecule has 0 radical (unpaired) electrons. The molecule has 0 aromatic rings. The Labute approximate surface area is 84.8 Å². The lowest BCUT2D eigenvalue weighted by Gasteiger charge is -2.29. The van der Waals surface area contributed by atoms with E-state index in [1.54, 1.807) is 0 Å². The molecule has 4 N–H and O–H groups in total. The topological polar surface area (TPSA) is 84.9 Å². The fraction of sp³-hybridized carbons (Fsp3) is 1.00. The third kappa shape index (κ3) is 6.28. The standard InChI is InChI=1S/C9H21NO4/c1-2-3-4-9(10,13-7-5-11)14-8-6-12/h11-12H,2-8,10H2,1H3. The highest BCUT2D eigenvalue weighted by atomic mass is 16.7. The molecule has 0 aliphatic carbocycles. The molecule has 0 rings (SSSR count). The second-order valence-electron chi connectivity index (χ2n) is 3.06. The van der Waals surface area contributed by atoms with Gasteiger partial charge in [-0.3, -0.25) is 5.73 Å². The fourth-order valence-electron chi connectivity index (χ4n) is 1.05. The van der Waals surface area contributed by atoms with E-state index in [1.165, 1.54) is 0 Å². The Morgan fingerprint density at radius 2 is 1.64 bits per heavy atom. The first-order valence-corrected chi connectivity index (χ1v) is 4.97. The van der Waals surface area contributed by atoms with Crippen LogP contribution in [0.5, 0.6) is 0 Å². The highest BCUT2D eigenvalue weighted by Gasteiger charge is 2.25.